The van der Waals surface area contributed by atoms with Crippen LogP contribution in [-0.2, 0) is 0 Å². The highest BCUT2D eigenvalue weighted by Crippen LogP contribution is 2.37. The van der Waals surface area contributed by atoms with E-state index >= 15 is 0 Å². The molecule has 3 N–H and O–H groups in total. The Hall–Kier alpha value is -2.66. The van der Waals surface area contributed by atoms with Gasteiger partial charge in [-0.3, -0.25) is 4.98 Å². The highest BCUT2D eigenvalue weighted by Gasteiger charge is 2.15. The van der Waals surface area contributed by atoms with Gasteiger partial charge in [0.25, 0.3) is 0 Å². The van der Waals surface area contributed by atoms with Crippen LogP contribution in [0.25, 0.3) is 22.4 Å². The van der Waals surface area contributed by atoms with Crippen LogP contribution in [0.2, 0.25) is 5.02 Å². The average Bonchev–Trinajstić information content (AvgIpc) is 2.53. The summed E-state index contributed by atoms with van der Waals surface area (Å²) >= 11 is 5.91. The average molecular weight is 316 g/mol. The van der Waals surface area contributed by atoms with Crippen molar-refractivity contribution in [2.75, 3.05) is 5.73 Å². The topological polar surface area (TPSA) is 72.0 Å². The van der Waals surface area contributed by atoms with E-state index in [9.17, 15) is 9.50 Å². The predicted octanol–water partition coefficient (Wildman–Crippen LogP) is 3.89. The Morgan fingerprint density at radius 2 is 1.77 bits per heavy atom. The zero-order chi connectivity index (χ0) is 15.7. The molecule has 2 heterocycles. The zero-order valence-corrected chi connectivity index (χ0v) is 12.0. The SMILES string of the molecule is Nc1nc(-c2cc(Cl)ccc2F)cc(-c2ccncc2)c1O. The number of rotatable bonds is 2. The van der Waals surface area contributed by atoms with Crippen LogP contribution in [0, 0.1) is 5.82 Å². The van der Waals surface area contributed by atoms with Crippen molar-refractivity contribution in [2.45, 2.75) is 0 Å². The molecule has 110 valence electrons. The summed E-state index contributed by atoms with van der Waals surface area (Å²) in [5, 5.41) is 10.5. The van der Waals surface area contributed by atoms with Gasteiger partial charge in [0.05, 0.1) is 5.69 Å². The molecule has 3 aromatic rings. The second kappa shape index (κ2) is 5.61. The van der Waals surface area contributed by atoms with Crippen LogP contribution in [0.1, 0.15) is 0 Å². The second-order valence-electron chi connectivity index (χ2n) is 4.65. The van der Waals surface area contributed by atoms with Gasteiger partial charge in [0.2, 0.25) is 0 Å². The van der Waals surface area contributed by atoms with Crippen molar-refractivity contribution in [3.05, 3.63) is 59.6 Å². The lowest BCUT2D eigenvalue weighted by Gasteiger charge is -2.11. The molecule has 0 unspecified atom stereocenters. The summed E-state index contributed by atoms with van der Waals surface area (Å²) in [5.74, 6) is -0.705. The van der Waals surface area contributed by atoms with Crippen LogP contribution in [0.3, 0.4) is 0 Å². The van der Waals surface area contributed by atoms with Gasteiger partial charge < -0.3 is 10.8 Å². The van der Waals surface area contributed by atoms with Gasteiger partial charge in [-0.25, -0.2) is 9.37 Å². The van der Waals surface area contributed by atoms with Crippen molar-refractivity contribution < 1.29 is 9.50 Å². The Morgan fingerprint density at radius 3 is 2.50 bits per heavy atom. The minimum atomic E-state index is -0.470. The van der Waals surface area contributed by atoms with Crippen LogP contribution in [0.5, 0.6) is 5.75 Å². The maximum Gasteiger partial charge on any atom is 0.167 e. The number of aromatic nitrogens is 2. The smallest absolute Gasteiger partial charge is 0.167 e. The molecule has 0 spiro atoms. The molecule has 0 fully saturated rings. The standard InChI is InChI=1S/C16H11ClFN3O/c17-10-1-2-13(18)12(7-10)14-8-11(15(22)16(19)21-14)9-3-5-20-6-4-9/h1-8,22H,(H2,19,21). The zero-order valence-electron chi connectivity index (χ0n) is 11.3. The van der Waals surface area contributed by atoms with Crippen LogP contribution >= 0.6 is 11.6 Å². The number of nitrogens with zero attached hydrogens (tertiary/aromatic N) is 2. The number of aromatic hydroxyl groups is 1. The van der Waals surface area contributed by atoms with E-state index in [0.717, 1.165) is 0 Å². The van der Waals surface area contributed by atoms with Crippen LogP contribution in [0.4, 0.5) is 10.2 Å². The first-order valence-corrected chi connectivity index (χ1v) is 6.79. The van der Waals surface area contributed by atoms with Gasteiger partial charge in [0, 0.05) is 28.5 Å². The number of nitrogens with two attached hydrogens (primary N) is 1. The first kappa shape index (κ1) is 14.3. The molecule has 0 amide bonds. The van der Waals surface area contributed by atoms with Gasteiger partial charge in [-0.1, -0.05) is 11.6 Å². The lowest BCUT2D eigenvalue weighted by atomic mass is 10.0. The van der Waals surface area contributed by atoms with Crippen molar-refractivity contribution in [1.82, 2.24) is 9.97 Å². The molecule has 6 heteroatoms. The van der Waals surface area contributed by atoms with Gasteiger partial charge in [-0.2, -0.15) is 0 Å². The molecule has 0 radical (unpaired) electrons. The van der Waals surface area contributed by atoms with E-state index in [-0.39, 0.29) is 17.1 Å². The van der Waals surface area contributed by atoms with Crippen molar-refractivity contribution in [1.29, 1.82) is 0 Å². The maximum atomic E-state index is 14.0. The highest BCUT2D eigenvalue weighted by molar-refractivity contribution is 6.30. The third-order valence-corrected chi connectivity index (χ3v) is 3.45. The van der Waals surface area contributed by atoms with Crippen molar-refractivity contribution in [3.8, 4) is 28.1 Å². The first-order valence-electron chi connectivity index (χ1n) is 6.41. The number of pyridine rings is 2. The summed E-state index contributed by atoms with van der Waals surface area (Å²) in [6, 6.07) is 9.17. The maximum absolute atomic E-state index is 14.0. The Labute approximate surface area is 131 Å². The minimum Gasteiger partial charge on any atom is -0.504 e. The summed E-state index contributed by atoms with van der Waals surface area (Å²) in [7, 11) is 0. The van der Waals surface area contributed by atoms with Crippen LogP contribution in [-0.4, -0.2) is 15.1 Å². The fraction of sp³-hybridized carbons (Fsp3) is 0. The van der Waals surface area contributed by atoms with E-state index in [1.807, 2.05) is 0 Å². The second-order valence-corrected chi connectivity index (χ2v) is 5.09. The lowest BCUT2D eigenvalue weighted by molar-refractivity contribution is 0.478. The van der Waals surface area contributed by atoms with Gasteiger partial charge in [0.15, 0.2) is 11.6 Å². The van der Waals surface area contributed by atoms with Gasteiger partial charge >= 0.3 is 0 Å². The summed E-state index contributed by atoms with van der Waals surface area (Å²) < 4.78 is 14.0. The van der Waals surface area contributed by atoms with Crippen LogP contribution in [0.15, 0.2) is 48.8 Å². The van der Waals surface area contributed by atoms with E-state index < -0.39 is 5.82 Å². The third-order valence-electron chi connectivity index (χ3n) is 3.22. The summed E-state index contributed by atoms with van der Waals surface area (Å²) in [6.45, 7) is 0. The van der Waals surface area contributed by atoms with E-state index in [4.69, 9.17) is 17.3 Å². The molecule has 3 rings (SSSR count). The molecule has 1 aromatic carbocycles. The Bertz CT molecular complexity index is 840. The van der Waals surface area contributed by atoms with Crippen molar-refractivity contribution in [3.63, 3.8) is 0 Å². The summed E-state index contributed by atoms with van der Waals surface area (Å²) in [4.78, 5) is 7.97. The number of halogens is 2. The number of benzene rings is 1. The van der Waals surface area contributed by atoms with Crippen LogP contribution < -0.4 is 5.73 Å². The van der Waals surface area contributed by atoms with Crippen molar-refractivity contribution in [2.24, 2.45) is 0 Å². The number of nitrogen functional groups attached to an aromatic ring is 1. The molecule has 0 aliphatic heterocycles. The number of anilines is 1. The quantitative estimate of drug-likeness (QED) is 0.752. The summed E-state index contributed by atoms with van der Waals surface area (Å²) in [6.07, 6.45) is 3.18. The van der Waals surface area contributed by atoms with Gasteiger partial charge in [0.1, 0.15) is 5.82 Å². The molecule has 0 saturated carbocycles. The summed E-state index contributed by atoms with van der Waals surface area (Å²) in [5.41, 5.74) is 7.41. The molecule has 4 nitrogen and oxygen atoms in total. The molecule has 2 aromatic heterocycles. The van der Waals surface area contributed by atoms with E-state index in [1.165, 1.54) is 18.2 Å². The number of hydrogen-bond donors (Lipinski definition) is 2. The highest BCUT2D eigenvalue weighted by atomic mass is 35.5. The van der Waals surface area contributed by atoms with Gasteiger partial charge in [-0.05, 0) is 42.0 Å². The van der Waals surface area contributed by atoms with Crippen molar-refractivity contribution >= 4 is 17.4 Å². The largest absolute Gasteiger partial charge is 0.504 e. The van der Waals surface area contributed by atoms with E-state index in [1.54, 1.807) is 30.6 Å². The van der Waals surface area contributed by atoms with E-state index in [2.05, 4.69) is 9.97 Å². The lowest BCUT2D eigenvalue weighted by Crippen LogP contribution is -1.97. The fourth-order valence-corrected chi connectivity index (χ4v) is 2.31. The molecule has 0 aliphatic rings. The molecule has 0 atom stereocenters. The molecular weight excluding hydrogens is 305 g/mol. The predicted molar refractivity (Wildman–Crippen MR) is 83.9 cm³/mol. The third kappa shape index (κ3) is 2.58. The normalized spacial score (nSPS) is 10.6. The fourth-order valence-electron chi connectivity index (χ4n) is 2.14. The Kier molecular flexibility index (Phi) is 3.65. The van der Waals surface area contributed by atoms with E-state index in [0.29, 0.717) is 21.8 Å². The molecule has 22 heavy (non-hydrogen) atoms. The van der Waals surface area contributed by atoms with Gasteiger partial charge in [-0.15, -0.1) is 0 Å². The Balaban J connectivity index is 2.23. The number of hydrogen-bond acceptors (Lipinski definition) is 4. The molecule has 0 saturated heterocycles. The molecule has 0 bridgehead atoms. The molecule has 0 aliphatic carbocycles. The first-order chi connectivity index (χ1) is 10.6. The minimum absolute atomic E-state index is 0.0799. The molecular formula is C16H11ClFN3O. The Morgan fingerprint density at radius 1 is 1.05 bits per heavy atom. The monoisotopic (exact) mass is 315 g/mol.